The Hall–Kier alpha value is -3.72. The summed E-state index contributed by atoms with van der Waals surface area (Å²) in [6.45, 7) is 9.49. The molecular formula is C32H35NO7S. The van der Waals surface area contributed by atoms with Crippen molar-refractivity contribution < 1.29 is 32.1 Å². The number of nitrogens with zero attached hydrogens (tertiary/aromatic N) is 1. The maximum absolute atomic E-state index is 13.7. The summed E-state index contributed by atoms with van der Waals surface area (Å²) in [6.07, 6.45) is 1.56. The summed E-state index contributed by atoms with van der Waals surface area (Å²) in [5.41, 5.74) is 3.07. The molecule has 8 nitrogen and oxygen atoms in total. The first kappa shape index (κ1) is 28.8. The van der Waals surface area contributed by atoms with Crippen LogP contribution >= 0.6 is 0 Å². The number of carbonyl (C=O) groups is 3. The molecule has 0 fully saturated rings. The first-order valence-corrected chi connectivity index (χ1v) is 15.1. The molecule has 0 atom stereocenters. The summed E-state index contributed by atoms with van der Waals surface area (Å²) in [7, 11) is -4.06. The average Bonchev–Trinajstić information content (AvgIpc) is 2.84. The van der Waals surface area contributed by atoms with Crippen LogP contribution in [0.2, 0.25) is 0 Å². The number of aryl methyl sites for hydroxylation is 1. The molecule has 5 rings (SSSR count). The van der Waals surface area contributed by atoms with E-state index in [2.05, 4.69) is 0 Å². The Morgan fingerprint density at radius 2 is 1.34 bits per heavy atom. The topological polar surface area (TPSA) is 118 Å². The van der Waals surface area contributed by atoms with Gasteiger partial charge in [-0.1, -0.05) is 57.5 Å². The molecule has 9 heteroatoms. The second kappa shape index (κ2) is 9.98. The van der Waals surface area contributed by atoms with Gasteiger partial charge in [0, 0.05) is 41.3 Å². The van der Waals surface area contributed by atoms with E-state index in [0.717, 1.165) is 5.56 Å². The second-order valence-corrected chi connectivity index (χ2v) is 14.5. The number of carboxylic acid groups (broad SMARTS) is 1. The number of benzene rings is 2. The summed E-state index contributed by atoms with van der Waals surface area (Å²) < 4.78 is 31.0. The second-order valence-electron chi connectivity index (χ2n) is 12.9. The van der Waals surface area contributed by atoms with Crippen LogP contribution in [-0.2, 0) is 24.5 Å². The highest BCUT2D eigenvalue weighted by Crippen LogP contribution is 2.54. The molecule has 0 radical (unpaired) electrons. The summed E-state index contributed by atoms with van der Waals surface area (Å²) in [6, 6.07) is 12.8. The fourth-order valence-electron chi connectivity index (χ4n) is 6.30. The van der Waals surface area contributed by atoms with Gasteiger partial charge in [-0.2, -0.15) is 8.42 Å². The van der Waals surface area contributed by atoms with Crippen molar-refractivity contribution >= 4 is 27.7 Å². The molecule has 0 saturated carbocycles. The van der Waals surface area contributed by atoms with Crippen molar-refractivity contribution in [2.24, 2.45) is 10.8 Å². The van der Waals surface area contributed by atoms with Gasteiger partial charge in [0.15, 0.2) is 11.6 Å². The lowest BCUT2D eigenvalue weighted by Crippen LogP contribution is -2.45. The Bertz CT molecular complexity index is 1560. The molecule has 0 bridgehead atoms. The van der Waals surface area contributed by atoms with Crippen LogP contribution in [-0.4, -0.2) is 42.5 Å². The SMILES string of the molecule is Cc1ccc(S(=O)(=O)Oc2ccc(C3C4=C(CC(C)(C)CC4=O)N(CC(=O)O)C4=C3C(=O)CC(C)(C)C4)cc2)cc1. The van der Waals surface area contributed by atoms with Crippen LogP contribution in [0.1, 0.15) is 70.4 Å². The highest BCUT2D eigenvalue weighted by molar-refractivity contribution is 7.87. The predicted octanol–water partition coefficient (Wildman–Crippen LogP) is 5.53. The van der Waals surface area contributed by atoms with E-state index in [1.165, 1.54) is 24.3 Å². The minimum Gasteiger partial charge on any atom is -0.480 e. The lowest BCUT2D eigenvalue weighted by Gasteiger charge is -2.48. The monoisotopic (exact) mass is 577 g/mol. The van der Waals surface area contributed by atoms with Crippen molar-refractivity contribution in [1.29, 1.82) is 0 Å². The molecule has 3 aliphatic rings. The van der Waals surface area contributed by atoms with Crippen molar-refractivity contribution in [2.75, 3.05) is 6.54 Å². The largest absolute Gasteiger partial charge is 0.480 e. The van der Waals surface area contributed by atoms with Crippen LogP contribution in [0.4, 0.5) is 0 Å². The molecule has 1 aliphatic heterocycles. The molecule has 0 unspecified atom stereocenters. The van der Waals surface area contributed by atoms with E-state index in [9.17, 15) is 27.9 Å². The molecule has 0 aromatic heterocycles. The maximum Gasteiger partial charge on any atom is 0.339 e. The number of aliphatic carboxylic acids is 1. The molecule has 2 aromatic rings. The van der Waals surface area contributed by atoms with Crippen LogP contribution < -0.4 is 4.18 Å². The van der Waals surface area contributed by atoms with E-state index in [4.69, 9.17) is 4.18 Å². The van der Waals surface area contributed by atoms with E-state index in [-0.39, 0.29) is 52.4 Å². The normalized spacial score (nSPS) is 20.6. The zero-order chi connectivity index (χ0) is 29.9. The molecule has 0 spiro atoms. The predicted molar refractivity (Wildman–Crippen MR) is 153 cm³/mol. The number of carbonyl (C=O) groups excluding carboxylic acids is 2. The van der Waals surface area contributed by atoms with Gasteiger partial charge < -0.3 is 14.2 Å². The van der Waals surface area contributed by atoms with Crippen molar-refractivity contribution in [2.45, 2.75) is 71.1 Å². The average molecular weight is 578 g/mol. The number of allylic oxidation sites excluding steroid dienone is 4. The lowest BCUT2D eigenvalue weighted by atomic mass is 9.63. The van der Waals surface area contributed by atoms with Crippen LogP contribution in [0.25, 0.3) is 0 Å². The summed E-state index contributed by atoms with van der Waals surface area (Å²) in [4.78, 5) is 41.2. The van der Waals surface area contributed by atoms with E-state index in [0.29, 0.717) is 40.9 Å². The molecule has 0 amide bonds. The van der Waals surface area contributed by atoms with Gasteiger partial charge in [0.1, 0.15) is 17.2 Å². The first-order chi connectivity index (χ1) is 19.1. The lowest BCUT2D eigenvalue weighted by molar-refractivity contribution is -0.138. The zero-order valence-electron chi connectivity index (χ0n) is 24.0. The van der Waals surface area contributed by atoms with Gasteiger partial charge in [0.2, 0.25) is 0 Å². The van der Waals surface area contributed by atoms with Gasteiger partial charge in [-0.3, -0.25) is 14.4 Å². The zero-order valence-corrected chi connectivity index (χ0v) is 24.8. The van der Waals surface area contributed by atoms with Crippen molar-refractivity contribution in [3.8, 4) is 5.75 Å². The Labute approximate surface area is 240 Å². The number of ketones is 2. The third kappa shape index (κ3) is 5.60. The highest BCUT2D eigenvalue weighted by Gasteiger charge is 2.49. The summed E-state index contributed by atoms with van der Waals surface area (Å²) in [5, 5.41) is 9.82. The molecule has 1 N–H and O–H groups in total. The van der Waals surface area contributed by atoms with Gasteiger partial charge in [-0.05, 0) is 60.4 Å². The molecular weight excluding hydrogens is 542 g/mol. The minimum atomic E-state index is -4.06. The highest BCUT2D eigenvalue weighted by atomic mass is 32.2. The van der Waals surface area contributed by atoms with Crippen molar-refractivity contribution in [1.82, 2.24) is 4.90 Å². The number of rotatable bonds is 6. The molecule has 2 aliphatic carbocycles. The third-order valence-corrected chi connectivity index (χ3v) is 9.31. The van der Waals surface area contributed by atoms with Gasteiger partial charge in [0.05, 0.1) is 0 Å². The van der Waals surface area contributed by atoms with Crippen LogP contribution in [0.3, 0.4) is 0 Å². The molecule has 1 heterocycles. The quantitative estimate of drug-likeness (QED) is 0.445. The molecule has 2 aromatic carbocycles. The minimum absolute atomic E-state index is 0.0356. The van der Waals surface area contributed by atoms with Gasteiger partial charge >= 0.3 is 16.1 Å². The fourth-order valence-corrected chi connectivity index (χ4v) is 7.23. The van der Waals surface area contributed by atoms with Crippen molar-refractivity contribution in [3.63, 3.8) is 0 Å². The fraction of sp³-hybridized carbons (Fsp3) is 0.406. The summed E-state index contributed by atoms with van der Waals surface area (Å²) >= 11 is 0. The molecule has 41 heavy (non-hydrogen) atoms. The number of hydrogen-bond donors (Lipinski definition) is 1. The standard InChI is InChI=1S/C32H35NO7S/c1-19-6-12-22(13-7-19)41(38,39)40-21-10-8-20(9-11-21)28-29-23(14-31(2,3)16-25(29)34)33(18-27(36)37)24-15-32(4,5)17-26(35)30(24)28/h6-13,28H,14-18H2,1-5H3,(H,36,37). The van der Waals surface area contributed by atoms with Crippen molar-refractivity contribution in [3.05, 3.63) is 82.2 Å². The van der Waals surface area contributed by atoms with Crippen LogP contribution in [0.5, 0.6) is 5.75 Å². The maximum atomic E-state index is 13.7. The van der Waals surface area contributed by atoms with Crippen LogP contribution in [0.15, 0.2) is 76.0 Å². The first-order valence-electron chi connectivity index (χ1n) is 13.7. The Morgan fingerprint density at radius 1 is 0.854 bits per heavy atom. The van der Waals surface area contributed by atoms with Gasteiger partial charge in [-0.15, -0.1) is 0 Å². The molecule has 216 valence electrons. The van der Waals surface area contributed by atoms with Gasteiger partial charge in [0.25, 0.3) is 0 Å². The van der Waals surface area contributed by atoms with E-state index >= 15 is 0 Å². The number of carboxylic acids is 1. The number of Topliss-reactive ketones (excluding diaryl/α,β-unsaturated/α-hetero) is 2. The Morgan fingerprint density at radius 3 is 1.80 bits per heavy atom. The number of hydrogen-bond acceptors (Lipinski definition) is 7. The molecule has 0 saturated heterocycles. The smallest absolute Gasteiger partial charge is 0.339 e. The third-order valence-electron chi connectivity index (χ3n) is 8.04. The van der Waals surface area contributed by atoms with E-state index in [1.807, 2.05) is 34.6 Å². The Kier molecular flexibility index (Phi) is 7.01. The Balaban J connectivity index is 1.60. The van der Waals surface area contributed by atoms with Gasteiger partial charge in [-0.25, -0.2) is 0 Å². The summed E-state index contributed by atoms with van der Waals surface area (Å²) in [5.74, 6) is -1.82. The van der Waals surface area contributed by atoms with Crippen LogP contribution in [0, 0.1) is 17.8 Å². The van der Waals surface area contributed by atoms with E-state index < -0.39 is 22.0 Å². The van der Waals surface area contributed by atoms with E-state index in [1.54, 1.807) is 29.2 Å².